The number of benzene rings is 1. The van der Waals surface area contributed by atoms with Crippen LogP contribution in [0.4, 0.5) is 0 Å². The fourth-order valence-corrected chi connectivity index (χ4v) is 2.67. The number of nitrogens with two attached hydrogens (primary N) is 1. The van der Waals surface area contributed by atoms with Crippen LogP contribution in [0.2, 0.25) is 0 Å². The van der Waals surface area contributed by atoms with E-state index in [0.717, 1.165) is 29.3 Å². The van der Waals surface area contributed by atoms with Gasteiger partial charge in [0.05, 0.1) is 0 Å². The second-order valence-corrected chi connectivity index (χ2v) is 5.21. The maximum atomic E-state index is 12.6. The Balaban J connectivity index is 2.32. The molecular weight excluding hydrogens is 224 g/mol. The van der Waals surface area contributed by atoms with Crippen molar-refractivity contribution in [3.63, 3.8) is 0 Å². The molecule has 0 aliphatic heterocycles. The molecule has 0 radical (unpaired) electrons. The van der Waals surface area contributed by atoms with Gasteiger partial charge in [-0.15, -0.1) is 0 Å². The Kier molecular flexibility index (Phi) is 2.71. The molecule has 1 heterocycles. The topological polar surface area (TPSA) is 48.0 Å². The van der Waals surface area contributed by atoms with Crippen LogP contribution in [0.1, 0.15) is 44.0 Å². The van der Waals surface area contributed by atoms with Crippen LogP contribution in [-0.2, 0) is 0 Å². The summed E-state index contributed by atoms with van der Waals surface area (Å²) in [6.07, 6.45) is 3.40. The van der Waals surface area contributed by atoms with Crippen molar-refractivity contribution in [2.75, 3.05) is 0 Å². The Morgan fingerprint density at radius 2 is 2.06 bits per heavy atom. The Morgan fingerprint density at radius 1 is 1.33 bits per heavy atom. The zero-order valence-corrected chi connectivity index (χ0v) is 10.6. The lowest BCUT2D eigenvalue weighted by Gasteiger charge is -2.31. The largest absolute Gasteiger partial charge is 0.323 e. The molecule has 1 aromatic carbocycles. The highest BCUT2D eigenvalue weighted by molar-refractivity contribution is 5.82. The fraction of sp³-hybridized carbons (Fsp3) is 0.400. The Labute approximate surface area is 106 Å². The van der Waals surface area contributed by atoms with Gasteiger partial charge in [-0.05, 0) is 43.7 Å². The second-order valence-electron chi connectivity index (χ2n) is 5.21. The molecule has 1 fully saturated rings. The normalized spacial score (nSPS) is 17.7. The van der Waals surface area contributed by atoms with Crippen LogP contribution in [0.15, 0.2) is 35.1 Å². The third kappa shape index (κ3) is 1.66. The molecule has 0 saturated heterocycles. The maximum Gasteiger partial charge on any atom is 0.258 e. The monoisotopic (exact) mass is 242 g/mol. The van der Waals surface area contributed by atoms with Gasteiger partial charge < -0.3 is 10.3 Å². The lowest BCUT2D eigenvalue weighted by molar-refractivity contribution is 0.297. The first-order valence-electron chi connectivity index (χ1n) is 6.58. The molecule has 1 aromatic heterocycles. The maximum absolute atomic E-state index is 12.6. The second kappa shape index (κ2) is 4.25. The molecule has 0 bridgehead atoms. The van der Waals surface area contributed by atoms with E-state index in [1.54, 1.807) is 0 Å². The summed E-state index contributed by atoms with van der Waals surface area (Å²) in [5, 5.41) is 1.79. The van der Waals surface area contributed by atoms with Crippen molar-refractivity contribution in [1.82, 2.24) is 4.57 Å². The van der Waals surface area contributed by atoms with Gasteiger partial charge in [0.15, 0.2) is 0 Å². The highest BCUT2D eigenvalue weighted by Crippen LogP contribution is 2.33. The Morgan fingerprint density at radius 3 is 2.67 bits per heavy atom. The van der Waals surface area contributed by atoms with Crippen molar-refractivity contribution in [3.8, 4) is 0 Å². The number of pyridine rings is 1. The van der Waals surface area contributed by atoms with Crippen molar-refractivity contribution in [2.45, 2.75) is 38.3 Å². The van der Waals surface area contributed by atoms with Gasteiger partial charge in [0.1, 0.15) is 0 Å². The molecule has 3 nitrogen and oxygen atoms in total. The number of hydrogen-bond acceptors (Lipinski definition) is 2. The molecular formula is C15H18N2O. The molecule has 1 aliphatic rings. The number of hydrogen-bond donors (Lipinski definition) is 1. The molecule has 18 heavy (non-hydrogen) atoms. The lowest BCUT2D eigenvalue weighted by atomic mass is 9.91. The van der Waals surface area contributed by atoms with Crippen LogP contribution in [-0.4, -0.2) is 4.57 Å². The van der Waals surface area contributed by atoms with Gasteiger partial charge >= 0.3 is 0 Å². The molecule has 3 heteroatoms. The zero-order valence-electron chi connectivity index (χ0n) is 10.6. The number of aromatic nitrogens is 1. The van der Waals surface area contributed by atoms with Crippen LogP contribution < -0.4 is 11.3 Å². The Bertz CT molecular complexity index is 638. The van der Waals surface area contributed by atoms with Gasteiger partial charge in [0.2, 0.25) is 0 Å². The lowest BCUT2D eigenvalue weighted by Crippen LogP contribution is -2.33. The average molecular weight is 242 g/mol. The molecule has 0 amide bonds. The number of nitrogens with zero attached hydrogens (tertiary/aromatic N) is 1. The average Bonchev–Trinajstić information content (AvgIpc) is 2.30. The molecule has 0 spiro atoms. The van der Waals surface area contributed by atoms with Crippen LogP contribution >= 0.6 is 0 Å². The highest BCUT2D eigenvalue weighted by Gasteiger charge is 2.24. The summed E-state index contributed by atoms with van der Waals surface area (Å²) >= 11 is 0. The molecule has 94 valence electrons. The number of rotatable bonds is 2. The molecule has 1 aliphatic carbocycles. The predicted molar refractivity (Wildman–Crippen MR) is 73.7 cm³/mol. The predicted octanol–water partition coefficient (Wildman–Crippen LogP) is 2.75. The molecule has 1 atom stereocenters. The minimum absolute atomic E-state index is 0.108. The molecule has 3 rings (SSSR count). The molecule has 2 N–H and O–H groups in total. The third-order valence-electron chi connectivity index (χ3n) is 3.90. The zero-order chi connectivity index (χ0) is 12.7. The van der Waals surface area contributed by atoms with Crippen LogP contribution in [0.5, 0.6) is 0 Å². The van der Waals surface area contributed by atoms with Crippen molar-refractivity contribution >= 4 is 10.8 Å². The van der Waals surface area contributed by atoms with Gasteiger partial charge in [-0.1, -0.05) is 18.2 Å². The standard InChI is InChI=1S/C15H18N2O/c1-10(16)14-9-11-5-2-3-8-13(11)15(18)17(14)12-6-4-7-12/h2-3,5,8-10,12H,4,6-7,16H2,1H3. The summed E-state index contributed by atoms with van der Waals surface area (Å²) in [7, 11) is 0. The third-order valence-corrected chi connectivity index (χ3v) is 3.90. The van der Waals surface area contributed by atoms with Crippen molar-refractivity contribution < 1.29 is 0 Å². The Hall–Kier alpha value is -1.61. The number of fused-ring (bicyclic) bond motifs is 1. The fourth-order valence-electron chi connectivity index (χ4n) is 2.67. The summed E-state index contributed by atoms with van der Waals surface area (Å²) < 4.78 is 1.93. The summed E-state index contributed by atoms with van der Waals surface area (Å²) in [6.45, 7) is 1.94. The van der Waals surface area contributed by atoms with Gasteiger partial charge in [0, 0.05) is 23.2 Å². The van der Waals surface area contributed by atoms with E-state index in [-0.39, 0.29) is 11.6 Å². The van der Waals surface area contributed by atoms with Gasteiger partial charge in [0.25, 0.3) is 5.56 Å². The first-order valence-corrected chi connectivity index (χ1v) is 6.58. The summed E-state index contributed by atoms with van der Waals surface area (Å²) in [4.78, 5) is 12.6. The summed E-state index contributed by atoms with van der Waals surface area (Å²) in [5.74, 6) is 0. The smallest absolute Gasteiger partial charge is 0.258 e. The van der Waals surface area contributed by atoms with Gasteiger partial charge in [-0.3, -0.25) is 4.79 Å². The van der Waals surface area contributed by atoms with E-state index in [4.69, 9.17) is 5.73 Å². The van der Waals surface area contributed by atoms with E-state index in [9.17, 15) is 4.79 Å². The minimum Gasteiger partial charge on any atom is -0.323 e. The molecule has 1 saturated carbocycles. The van der Waals surface area contributed by atoms with E-state index in [2.05, 4.69) is 6.07 Å². The van der Waals surface area contributed by atoms with Crippen LogP contribution in [0.3, 0.4) is 0 Å². The van der Waals surface area contributed by atoms with Crippen LogP contribution in [0.25, 0.3) is 10.8 Å². The first kappa shape index (κ1) is 11.5. The quantitative estimate of drug-likeness (QED) is 0.880. The van der Waals surface area contributed by atoms with E-state index < -0.39 is 0 Å². The summed E-state index contributed by atoms with van der Waals surface area (Å²) in [5.41, 5.74) is 7.11. The summed E-state index contributed by atoms with van der Waals surface area (Å²) in [6, 6.07) is 10.1. The van der Waals surface area contributed by atoms with E-state index in [1.807, 2.05) is 35.8 Å². The van der Waals surface area contributed by atoms with Crippen molar-refractivity contribution in [1.29, 1.82) is 0 Å². The first-order chi connectivity index (χ1) is 8.68. The van der Waals surface area contributed by atoms with Gasteiger partial charge in [-0.25, -0.2) is 0 Å². The van der Waals surface area contributed by atoms with Crippen LogP contribution in [0, 0.1) is 0 Å². The van der Waals surface area contributed by atoms with Crippen molar-refractivity contribution in [3.05, 3.63) is 46.4 Å². The molecule has 1 unspecified atom stereocenters. The van der Waals surface area contributed by atoms with Gasteiger partial charge in [-0.2, -0.15) is 0 Å². The van der Waals surface area contributed by atoms with E-state index >= 15 is 0 Å². The molecule has 2 aromatic rings. The van der Waals surface area contributed by atoms with Crippen molar-refractivity contribution in [2.24, 2.45) is 5.73 Å². The minimum atomic E-state index is -0.108. The SMILES string of the molecule is CC(N)c1cc2ccccc2c(=O)n1C1CCC1. The highest BCUT2D eigenvalue weighted by atomic mass is 16.1. The van der Waals surface area contributed by atoms with E-state index in [1.165, 1.54) is 6.42 Å². The van der Waals surface area contributed by atoms with E-state index in [0.29, 0.717) is 6.04 Å².